The molecular weight excluding hydrogens is 194 g/mol. The van der Waals surface area contributed by atoms with E-state index in [1.165, 1.54) is 32.1 Å². The van der Waals surface area contributed by atoms with E-state index in [1.54, 1.807) is 11.1 Å². The largest absolute Gasteiger partial charge is 0.320 e. The summed E-state index contributed by atoms with van der Waals surface area (Å²) in [6.07, 6.45) is 6.56. The summed E-state index contributed by atoms with van der Waals surface area (Å²) in [5.74, 6) is 0. The Morgan fingerprint density at radius 2 is 1.81 bits per heavy atom. The minimum atomic E-state index is 0.556. The van der Waals surface area contributed by atoms with Crippen LogP contribution in [0, 0.1) is 5.41 Å². The fourth-order valence-corrected chi connectivity index (χ4v) is 3.02. The van der Waals surface area contributed by atoms with Crippen molar-refractivity contribution in [3.05, 3.63) is 35.4 Å². The lowest BCUT2D eigenvalue weighted by molar-refractivity contribution is 0.259. The highest BCUT2D eigenvalue weighted by Crippen LogP contribution is 2.42. The SMILES string of the molecule is CCC1(CCCNC)Cc2ccccc2C1. The maximum Gasteiger partial charge on any atom is -0.00517 e. The first-order valence-corrected chi connectivity index (χ1v) is 6.51. The van der Waals surface area contributed by atoms with Crippen LogP contribution < -0.4 is 5.32 Å². The zero-order chi connectivity index (χ0) is 11.4. The van der Waals surface area contributed by atoms with Gasteiger partial charge in [0, 0.05) is 0 Å². The molecule has 0 radical (unpaired) electrons. The average Bonchev–Trinajstić information content (AvgIpc) is 2.68. The lowest BCUT2D eigenvalue weighted by Crippen LogP contribution is -2.22. The zero-order valence-corrected chi connectivity index (χ0v) is 10.6. The Kier molecular flexibility index (Phi) is 3.65. The molecule has 88 valence electrons. The number of fused-ring (bicyclic) bond motifs is 1. The Morgan fingerprint density at radius 3 is 2.31 bits per heavy atom. The zero-order valence-electron chi connectivity index (χ0n) is 10.6. The highest BCUT2D eigenvalue weighted by Gasteiger charge is 2.34. The van der Waals surface area contributed by atoms with E-state index in [-0.39, 0.29) is 0 Å². The van der Waals surface area contributed by atoms with Crippen LogP contribution in [-0.4, -0.2) is 13.6 Å². The molecule has 1 aliphatic carbocycles. The fraction of sp³-hybridized carbons (Fsp3) is 0.600. The van der Waals surface area contributed by atoms with Gasteiger partial charge in [-0.25, -0.2) is 0 Å². The summed E-state index contributed by atoms with van der Waals surface area (Å²) in [4.78, 5) is 0. The van der Waals surface area contributed by atoms with E-state index in [0.717, 1.165) is 6.54 Å². The fourth-order valence-electron chi connectivity index (χ4n) is 3.02. The molecule has 1 nitrogen and oxygen atoms in total. The molecule has 0 heterocycles. The Balaban J connectivity index is 2.04. The molecule has 1 aromatic carbocycles. The van der Waals surface area contributed by atoms with Crippen molar-refractivity contribution in [1.82, 2.24) is 5.32 Å². The van der Waals surface area contributed by atoms with Crippen molar-refractivity contribution in [2.24, 2.45) is 5.41 Å². The quantitative estimate of drug-likeness (QED) is 0.747. The number of rotatable bonds is 5. The van der Waals surface area contributed by atoms with E-state index in [2.05, 4.69) is 36.5 Å². The van der Waals surface area contributed by atoms with Gasteiger partial charge in [-0.05, 0) is 62.2 Å². The highest BCUT2D eigenvalue weighted by molar-refractivity contribution is 5.34. The maximum absolute atomic E-state index is 3.25. The molecule has 0 bridgehead atoms. The van der Waals surface area contributed by atoms with Crippen LogP contribution in [0.2, 0.25) is 0 Å². The summed E-state index contributed by atoms with van der Waals surface area (Å²) in [6.45, 7) is 3.50. The second-order valence-corrected chi connectivity index (χ2v) is 5.18. The van der Waals surface area contributed by atoms with Gasteiger partial charge in [0.1, 0.15) is 0 Å². The van der Waals surface area contributed by atoms with Crippen LogP contribution in [0.5, 0.6) is 0 Å². The molecule has 0 spiro atoms. The van der Waals surface area contributed by atoms with Crippen LogP contribution >= 0.6 is 0 Å². The van der Waals surface area contributed by atoms with Crippen molar-refractivity contribution < 1.29 is 0 Å². The molecular formula is C15H23N. The van der Waals surface area contributed by atoms with E-state index in [0.29, 0.717) is 5.41 Å². The Morgan fingerprint density at radius 1 is 1.19 bits per heavy atom. The molecule has 1 aromatic rings. The van der Waals surface area contributed by atoms with Gasteiger partial charge in [-0.3, -0.25) is 0 Å². The van der Waals surface area contributed by atoms with Crippen LogP contribution in [0.25, 0.3) is 0 Å². The molecule has 0 saturated heterocycles. The molecule has 0 atom stereocenters. The third-order valence-corrected chi connectivity index (χ3v) is 4.13. The lowest BCUT2D eigenvalue weighted by atomic mass is 9.78. The monoisotopic (exact) mass is 217 g/mol. The second kappa shape index (κ2) is 5.01. The summed E-state index contributed by atoms with van der Waals surface area (Å²) in [6, 6.07) is 8.98. The molecule has 0 amide bonds. The van der Waals surface area contributed by atoms with Gasteiger partial charge in [0.2, 0.25) is 0 Å². The molecule has 1 aliphatic rings. The Bertz CT molecular complexity index is 318. The molecule has 2 rings (SSSR count). The summed E-state index contributed by atoms with van der Waals surface area (Å²) in [5, 5.41) is 3.25. The standard InChI is InChI=1S/C15H23N/c1-3-15(9-6-10-16-2)11-13-7-4-5-8-14(13)12-15/h4-5,7-8,16H,3,6,9-12H2,1-2H3. The van der Waals surface area contributed by atoms with E-state index < -0.39 is 0 Å². The normalized spacial score (nSPS) is 17.4. The van der Waals surface area contributed by atoms with E-state index in [4.69, 9.17) is 0 Å². The number of hydrogen-bond donors (Lipinski definition) is 1. The molecule has 16 heavy (non-hydrogen) atoms. The maximum atomic E-state index is 3.25. The van der Waals surface area contributed by atoms with Crippen molar-refractivity contribution in [1.29, 1.82) is 0 Å². The van der Waals surface area contributed by atoms with Crippen LogP contribution in [0.15, 0.2) is 24.3 Å². The summed E-state index contributed by atoms with van der Waals surface area (Å²) in [7, 11) is 2.04. The highest BCUT2D eigenvalue weighted by atomic mass is 14.8. The average molecular weight is 217 g/mol. The van der Waals surface area contributed by atoms with Crippen molar-refractivity contribution in [3.8, 4) is 0 Å². The Hall–Kier alpha value is -0.820. The first-order valence-electron chi connectivity index (χ1n) is 6.51. The minimum absolute atomic E-state index is 0.556. The number of nitrogens with one attached hydrogen (secondary N) is 1. The van der Waals surface area contributed by atoms with Gasteiger partial charge >= 0.3 is 0 Å². The molecule has 0 aliphatic heterocycles. The van der Waals surface area contributed by atoms with Gasteiger partial charge in [-0.15, -0.1) is 0 Å². The van der Waals surface area contributed by atoms with Crippen LogP contribution in [-0.2, 0) is 12.8 Å². The van der Waals surface area contributed by atoms with Gasteiger partial charge in [-0.1, -0.05) is 31.2 Å². The molecule has 1 N–H and O–H groups in total. The first-order chi connectivity index (χ1) is 7.79. The Labute approximate surface area is 99.3 Å². The van der Waals surface area contributed by atoms with Crippen LogP contribution in [0.4, 0.5) is 0 Å². The molecule has 0 aromatic heterocycles. The number of hydrogen-bond acceptors (Lipinski definition) is 1. The van der Waals surface area contributed by atoms with Crippen molar-refractivity contribution in [2.75, 3.05) is 13.6 Å². The van der Waals surface area contributed by atoms with Gasteiger partial charge in [0.05, 0.1) is 0 Å². The lowest BCUT2D eigenvalue weighted by Gasteiger charge is -2.27. The van der Waals surface area contributed by atoms with Gasteiger partial charge in [-0.2, -0.15) is 0 Å². The second-order valence-electron chi connectivity index (χ2n) is 5.18. The van der Waals surface area contributed by atoms with E-state index >= 15 is 0 Å². The van der Waals surface area contributed by atoms with Gasteiger partial charge in [0.15, 0.2) is 0 Å². The molecule has 0 saturated carbocycles. The van der Waals surface area contributed by atoms with E-state index in [1.807, 2.05) is 7.05 Å². The van der Waals surface area contributed by atoms with Crippen LogP contribution in [0.1, 0.15) is 37.3 Å². The minimum Gasteiger partial charge on any atom is -0.320 e. The molecule has 1 heteroatoms. The van der Waals surface area contributed by atoms with Crippen LogP contribution in [0.3, 0.4) is 0 Å². The summed E-state index contributed by atoms with van der Waals surface area (Å²) >= 11 is 0. The number of benzene rings is 1. The summed E-state index contributed by atoms with van der Waals surface area (Å²) < 4.78 is 0. The third kappa shape index (κ3) is 2.30. The molecule has 0 fully saturated rings. The van der Waals surface area contributed by atoms with Crippen molar-refractivity contribution in [3.63, 3.8) is 0 Å². The molecule has 0 unspecified atom stereocenters. The van der Waals surface area contributed by atoms with Crippen molar-refractivity contribution >= 4 is 0 Å². The van der Waals surface area contributed by atoms with Crippen molar-refractivity contribution in [2.45, 2.75) is 39.0 Å². The van der Waals surface area contributed by atoms with Gasteiger partial charge < -0.3 is 5.32 Å². The summed E-state index contributed by atoms with van der Waals surface area (Å²) in [5.41, 5.74) is 3.74. The van der Waals surface area contributed by atoms with Gasteiger partial charge in [0.25, 0.3) is 0 Å². The predicted octanol–water partition coefficient (Wildman–Crippen LogP) is 3.18. The third-order valence-electron chi connectivity index (χ3n) is 4.13. The first kappa shape index (κ1) is 11.7. The smallest absolute Gasteiger partial charge is 0.00517 e. The van der Waals surface area contributed by atoms with E-state index in [9.17, 15) is 0 Å². The topological polar surface area (TPSA) is 12.0 Å². The predicted molar refractivity (Wildman–Crippen MR) is 69.7 cm³/mol.